The van der Waals surface area contributed by atoms with Crippen LogP contribution >= 0.6 is 0 Å². The van der Waals surface area contributed by atoms with Crippen molar-refractivity contribution in [2.75, 3.05) is 20.3 Å². The molecule has 2 atom stereocenters. The Morgan fingerprint density at radius 1 is 1.64 bits per heavy atom. The van der Waals surface area contributed by atoms with Crippen LogP contribution in [0.2, 0.25) is 0 Å². The maximum absolute atomic E-state index is 9.64. The van der Waals surface area contributed by atoms with Gasteiger partial charge in [-0.2, -0.15) is 0 Å². The minimum atomic E-state index is -0.751. The fourth-order valence-corrected chi connectivity index (χ4v) is 0.807. The molecule has 0 aromatic heterocycles. The Labute approximate surface area is 68.5 Å². The van der Waals surface area contributed by atoms with Gasteiger partial charge in [-0.3, -0.25) is 0 Å². The van der Waals surface area contributed by atoms with Crippen LogP contribution in [0.5, 0.6) is 0 Å². The van der Waals surface area contributed by atoms with Crippen molar-refractivity contribution in [2.24, 2.45) is 11.7 Å². The number of nitrogens with two attached hydrogens (primary N) is 1. The highest BCUT2D eigenvalue weighted by Gasteiger charge is 2.25. The summed E-state index contributed by atoms with van der Waals surface area (Å²) in [7, 11) is 1.66. The fraction of sp³-hybridized carbons (Fsp3) is 1.00. The summed E-state index contributed by atoms with van der Waals surface area (Å²) in [5.41, 5.74) is 4.64. The molecule has 3 N–H and O–H groups in total. The average molecular weight is 161 g/mol. The van der Waals surface area contributed by atoms with Gasteiger partial charge in [0, 0.05) is 20.3 Å². The second kappa shape index (κ2) is 4.70. The molecule has 0 aromatic rings. The van der Waals surface area contributed by atoms with Gasteiger partial charge in [0.15, 0.2) is 0 Å². The van der Waals surface area contributed by atoms with Gasteiger partial charge in [0.2, 0.25) is 0 Å². The SMILES string of the molecule is COCCC(C)C(C)(O)CN. The molecule has 0 rings (SSSR count). The van der Waals surface area contributed by atoms with Crippen LogP contribution in [0.1, 0.15) is 20.3 Å². The van der Waals surface area contributed by atoms with Crippen LogP contribution in [-0.4, -0.2) is 31.0 Å². The lowest BCUT2D eigenvalue weighted by molar-refractivity contribution is 0.00217. The fourth-order valence-electron chi connectivity index (χ4n) is 0.807. The summed E-state index contributed by atoms with van der Waals surface area (Å²) >= 11 is 0. The first-order valence-electron chi connectivity index (χ1n) is 3.96. The Morgan fingerprint density at radius 3 is 2.55 bits per heavy atom. The smallest absolute Gasteiger partial charge is 0.0767 e. The molecule has 0 aliphatic rings. The summed E-state index contributed by atoms with van der Waals surface area (Å²) in [5, 5.41) is 9.64. The van der Waals surface area contributed by atoms with Gasteiger partial charge in [0.1, 0.15) is 0 Å². The van der Waals surface area contributed by atoms with Crippen molar-refractivity contribution in [3.8, 4) is 0 Å². The highest BCUT2D eigenvalue weighted by Crippen LogP contribution is 2.18. The number of rotatable bonds is 5. The molecular formula is C8H19NO2. The van der Waals surface area contributed by atoms with E-state index in [-0.39, 0.29) is 5.92 Å². The summed E-state index contributed by atoms with van der Waals surface area (Å²) < 4.78 is 4.90. The largest absolute Gasteiger partial charge is 0.389 e. The third kappa shape index (κ3) is 3.70. The molecule has 0 aliphatic heterocycles. The van der Waals surface area contributed by atoms with Gasteiger partial charge >= 0.3 is 0 Å². The molecule has 0 saturated heterocycles. The Bertz CT molecular complexity index is 104. The molecule has 11 heavy (non-hydrogen) atoms. The molecule has 0 heterocycles. The van der Waals surface area contributed by atoms with Crippen molar-refractivity contribution in [1.29, 1.82) is 0 Å². The molecule has 0 fully saturated rings. The quantitative estimate of drug-likeness (QED) is 0.612. The molecule has 0 aliphatic carbocycles. The minimum Gasteiger partial charge on any atom is -0.389 e. The molecule has 0 radical (unpaired) electrons. The zero-order valence-electron chi connectivity index (χ0n) is 7.63. The molecule has 3 nitrogen and oxygen atoms in total. The summed E-state index contributed by atoms with van der Waals surface area (Å²) in [6.07, 6.45) is 0.848. The monoisotopic (exact) mass is 161 g/mol. The number of hydrogen-bond donors (Lipinski definition) is 2. The van der Waals surface area contributed by atoms with Crippen LogP contribution in [0.3, 0.4) is 0 Å². The zero-order valence-corrected chi connectivity index (χ0v) is 7.63. The minimum absolute atomic E-state index is 0.187. The number of ether oxygens (including phenoxy) is 1. The van der Waals surface area contributed by atoms with E-state index >= 15 is 0 Å². The highest BCUT2D eigenvalue weighted by molar-refractivity contribution is 4.79. The lowest BCUT2D eigenvalue weighted by Crippen LogP contribution is -2.41. The van der Waals surface area contributed by atoms with Crippen LogP contribution in [0.25, 0.3) is 0 Å². The maximum atomic E-state index is 9.64. The lowest BCUT2D eigenvalue weighted by atomic mass is 9.88. The summed E-state index contributed by atoms with van der Waals surface area (Å²) in [6.45, 7) is 4.72. The average Bonchev–Trinajstić information content (AvgIpc) is 2.00. The Balaban J connectivity index is 3.71. The van der Waals surface area contributed by atoms with E-state index in [0.717, 1.165) is 6.42 Å². The van der Waals surface area contributed by atoms with Crippen molar-refractivity contribution >= 4 is 0 Å². The van der Waals surface area contributed by atoms with Crippen molar-refractivity contribution in [3.05, 3.63) is 0 Å². The second-order valence-electron chi connectivity index (χ2n) is 3.24. The van der Waals surface area contributed by atoms with Crippen molar-refractivity contribution in [1.82, 2.24) is 0 Å². The molecule has 0 bridgehead atoms. The second-order valence-corrected chi connectivity index (χ2v) is 3.24. The standard InChI is InChI=1S/C8H19NO2/c1-7(4-5-11-3)8(2,10)6-9/h7,10H,4-6,9H2,1-3H3. The van der Waals surface area contributed by atoms with E-state index < -0.39 is 5.60 Å². The van der Waals surface area contributed by atoms with Gasteiger partial charge < -0.3 is 15.6 Å². The predicted molar refractivity (Wildman–Crippen MR) is 45.3 cm³/mol. The van der Waals surface area contributed by atoms with Gasteiger partial charge in [-0.15, -0.1) is 0 Å². The molecule has 0 spiro atoms. The first-order chi connectivity index (χ1) is 5.04. The predicted octanol–water partition coefficient (Wildman–Crippen LogP) is 0.369. The zero-order chi connectivity index (χ0) is 8.91. The van der Waals surface area contributed by atoms with Crippen LogP contribution in [0.15, 0.2) is 0 Å². The molecular weight excluding hydrogens is 142 g/mol. The first kappa shape index (κ1) is 10.9. The van der Waals surface area contributed by atoms with E-state index in [2.05, 4.69) is 0 Å². The van der Waals surface area contributed by atoms with Crippen molar-refractivity contribution < 1.29 is 9.84 Å². The van der Waals surface area contributed by atoms with E-state index in [0.29, 0.717) is 13.2 Å². The van der Waals surface area contributed by atoms with Crippen LogP contribution < -0.4 is 5.73 Å². The summed E-state index contributed by atoms with van der Waals surface area (Å²) in [6, 6.07) is 0. The van der Waals surface area contributed by atoms with Gasteiger partial charge in [0.05, 0.1) is 5.60 Å². The van der Waals surface area contributed by atoms with E-state index in [4.69, 9.17) is 10.5 Å². The molecule has 0 amide bonds. The van der Waals surface area contributed by atoms with Crippen LogP contribution in [0, 0.1) is 5.92 Å². The molecule has 68 valence electrons. The van der Waals surface area contributed by atoms with Crippen molar-refractivity contribution in [2.45, 2.75) is 25.9 Å². The molecule has 2 unspecified atom stereocenters. The van der Waals surface area contributed by atoms with E-state index in [9.17, 15) is 5.11 Å². The van der Waals surface area contributed by atoms with Crippen LogP contribution in [-0.2, 0) is 4.74 Å². The Morgan fingerprint density at radius 2 is 2.18 bits per heavy atom. The number of aliphatic hydroxyl groups is 1. The van der Waals surface area contributed by atoms with E-state index in [1.165, 1.54) is 0 Å². The Hall–Kier alpha value is -0.120. The third-order valence-electron chi connectivity index (χ3n) is 2.23. The topological polar surface area (TPSA) is 55.5 Å². The van der Waals surface area contributed by atoms with E-state index in [1.54, 1.807) is 14.0 Å². The third-order valence-corrected chi connectivity index (χ3v) is 2.23. The summed E-state index contributed by atoms with van der Waals surface area (Å²) in [5.74, 6) is 0.187. The van der Waals surface area contributed by atoms with Gasteiger partial charge in [-0.05, 0) is 19.3 Å². The highest BCUT2D eigenvalue weighted by atomic mass is 16.5. The van der Waals surface area contributed by atoms with Crippen molar-refractivity contribution in [3.63, 3.8) is 0 Å². The van der Waals surface area contributed by atoms with Gasteiger partial charge in [-0.25, -0.2) is 0 Å². The molecule has 0 aromatic carbocycles. The van der Waals surface area contributed by atoms with Crippen LogP contribution in [0.4, 0.5) is 0 Å². The van der Waals surface area contributed by atoms with E-state index in [1.807, 2.05) is 6.92 Å². The number of hydrogen-bond acceptors (Lipinski definition) is 3. The summed E-state index contributed by atoms with van der Waals surface area (Å²) in [4.78, 5) is 0. The Kier molecular flexibility index (Phi) is 4.65. The maximum Gasteiger partial charge on any atom is 0.0767 e. The lowest BCUT2D eigenvalue weighted by Gasteiger charge is -2.28. The van der Waals surface area contributed by atoms with Gasteiger partial charge in [-0.1, -0.05) is 6.92 Å². The normalized spacial score (nSPS) is 19.4. The molecule has 3 heteroatoms. The van der Waals surface area contributed by atoms with Gasteiger partial charge in [0.25, 0.3) is 0 Å². The first-order valence-corrected chi connectivity index (χ1v) is 3.96. The molecule has 0 saturated carbocycles. The number of methoxy groups -OCH3 is 1.